The third-order valence-corrected chi connectivity index (χ3v) is 3.61. The standard InChI is InChI=1S/C16H24N4O3/c1-16(2,3)23-15(22)20-8-4-12(5-9-20)10-19-14(21)13-11-17-6-7-18-13/h6-7,11-12H,4-5,8-10H2,1-3H3,(H,19,21). The number of aromatic nitrogens is 2. The van der Waals surface area contributed by atoms with E-state index in [0.717, 1.165) is 12.8 Å². The first-order valence-electron chi connectivity index (χ1n) is 7.87. The molecule has 1 aliphatic heterocycles. The van der Waals surface area contributed by atoms with Crippen LogP contribution in [0.15, 0.2) is 18.6 Å². The number of hydrogen-bond acceptors (Lipinski definition) is 5. The summed E-state index contributed by atoms with van der Waals surface area (Å²) in [4.78, 5) is 33.5. The second kappa shape index (κ2) is 7.39. The van der Waals surface area contributed by atoms with Crippen LogP contribution in [0, 0.1) is 5.92 Å². The first-order valence-corrected chi connectivity index (χ1v) is 7.87. The Morgan fingerprint density at radius 2 is 2.00 bits per heavy atom. The lowest BCUT2D eigenvalue weighted by atomic mass is 9.97. The van der Waals surface area contributed by atoms with Crippen LogP contribution in [-0.2, 0) is 4.74 Å². The van der Waals surface area contributed by atoms with Gasteiger partial charge < -0.3 is 15.0 Å². The van der Waals surface area contributed by atoms with E-state index in [-0.39, 0.29) is 12.0 Å². The fourth-order valence-corrected chi connectivity index (χ4v) is 2.39. The number of nitrogens with zero attached hydrogens (tertiary/aromatic N) is 3. The van der Waals surface area contributed by atoms with Crippen molar-refractivity contribution in [3.63, 3.8) is 0 Å². The maximum Gasteiger partial charge on any atom is 0.410 e. The summed E-state index contributed by atoms with van der Waals surface area (Å²) in [6.07, 6.45) is 5.90. The molecule has 1 fully saturated rings. The third kappa shape index (κ3) is 5.50. The van der Waals surface area contributed by atoms with Crippen LogP contribution >= 0.6 is 0 Å². The number of ether oxygens (including phenoxy) is 1. The number of amides is 2. The van der Waals surface area contributed by atoms with E-state index in [1.54, 1.807) is 4.90 Å². The van der Waals surface area contributed by atoms with Crippen molar-refractivity contribution in [1.82, 2.24) is 20.2 Å². The highest BCUT2D eigenvalue weighted by atomic mass is 16.6. The second-order valence-electron chi connectivity index (χ2n) is 6.71. The van der Waals surface area contributed by atoms with E-state index in [9.17, 15) is 9.59 Å². The molecule has 2 heterocycles. The average molecular weight is 320 g/mol. The maximum atomic E-state index is 12.0. The van der Waals surface area contributed by atoms with E-state index in [0.29, 0.717) is 31.2 Å². The Labute approximate surface area is 136 Å². The molecule has 2 amide bonds. The Bertz CT molecular complexity index is 534. The van der Waals surface area contributed by atoms with Gasteiger partial charge in [0.1, 0.15) is 11.3 Å². The highest BCUT2D eigenvalue weighted by Crippen LogP contribution is 2.19. The van der Waals surface area contributed by atoms with Crippen molar-refractivity contribution in [2.75, 3.05) is 19.6 Å². The molecule has 0 bridgehead atoms. The van der Waals surface area contributed by atoms with Gasteiger partial charge in [0.25, 0.3) is 5.91 Å². The van der Waals surface area contributed by atoms with Gasteiger partial charge in [-0.1, -0.05) is 0 Å². The van der Waals surface area contributed by atoms with Gasteiger partial charge >= 0.3 is 6.09 Å². The van der Waals surface area contributed by atoms with Crippen LogP contribution in [0.2, 0.25) is 0 Å². The number of hydrogen-bond donors (Lipinski definition) is 1. The quantitative estimate of drug-likeness (QED) is 0.919. The molecular formula is C16H24N4O3. The molecule has 7 nitrogen and oxygen atoms in total. The number of nitrogens with one attached hydrogen (secondary N) is 1. The summed E-state index contributed by atoms with van der Waals surface area (Å²) < 4.78 is 5.37. The maximum absolute atomic E-state index is 12.0. The minimum absolute atomic E-state index is 0.215. The summed E-state index contributed by atoms with van der Waals surface area (Å²) in [7, 11) is 0. The van der Waals surface area contributed by atoms with Crippen molar-refractivity contribution in [2.24, 2.45) is 5.92 Å². The number of carbonyl (C=O) groups excluding carboxylic acids is 2. The second-order valence-corrected chi connectivity index (χ2v) is 6.71. The highest BCUT2D eigenvalue weighted by Gasteiger charge is 2.27. The molecule has 7 heteroatoms. The molecule has 1 aromatic rings. The van der Waals surface area contributed by atoms with Crippen LogP contribution in [0.5, 0.6) is 0 Å². The predicted octanol–water partition coefficient (Wildman–Crippen LogP) is 1.85. The smallest absolute Gasteiger partial charge is 0.410 e. The molecule has 1 N–H and O–H groups in total. The fraction of sp³-hybridized carbons (Fsp3) is 0.625. The lowest BCUT2D eigenvalue weighted by Crippen LogP contribution is -2.43. The SMILES string of the molecule is CC(C)(C)OC(=O)N1CCC(CNC(=O)c2cnccn2)CC1. The molecule has 126 valence electrons. The number of rotatable bonds is 3. The zero-order valence-electron chi connectivity index (χ0n) is 13.9. The Hall–Kier alpha value is -2.18. The van der Waals surface area contributed by atoms with Crippen LogP contribution in [0.1, 0.15) is 44.1 Å². The minimum atomic E-state index is -0.474. The molecule has 0 spiro atoms. The number of piperidine rings is 1. The van der Waals surface area contributed by atoms with Crippen molar-refractivity contribution in [3.05, 3.63) is 24.3 Å². The molecule has 0 unspecified atom stereocenters. The van der Waals surface area contributed by atoms with E-state index < -0.39 is 5.60 Å². The van der Waals surface area contributed by atoms with Gasteiger partial charge in [-0.15, -0.1) is 0 Å². The first-order chi connectivity index (χ1) is 10.8. The molecule has 0 aromatic carbocycles. The van der Waals surface area contributed by atoms with Crippen molar-refractivity contribution >= 4 is 12.0 Å². The summed E-state index contributed by atoms with van der Waals surface area (Å²) in [6.45, 7) is 7.47. The molecule has 1 aliphatic rings. The molecule has 0 aliphatic carbocycles. The third-order valence-electron chi connectivity index (χ3n) is 3.61. The van der Waals surface area contributed by atoms with Gasteiger partial charge in [0.2, 0.25) is 0 Å². The Morgan fingerprint density at radius 3 is 2.57 bits per heavy atom. The Kier molecular flexibility index (Phi) is 5.52. The summed E-state index contributed by atoms with van der Waals surface area (Å²) in [5.41, 5.74) is -0.155. The lowest BCUT2D eigenvalue weighted by Gasteiger charge is -2.33. The molecule has 0 atom stereocenters. The van der Waals surface area contributed by atoms with Crippen LogP contribution < -0.4 is 5.32 Å². The van der Waals surface area contributed by atoms with Crippen molar-refractivity contribution in [1.29, 1.82) is 0 Å². The van der Waals surface area contributed by atoms with E-state index in [2.05, 4.69) is 15.3 Å². The van der Waals surface area contributed by atoms with Crippen LogP contribution in [0.4, 0.5) is 4.79 Å². The van der Waals surface area contributed by atoms with E-state index in [1.807, 2.05) is 20.8 Å². The zero-order chi connectivity index (χ0) is 16.9. The average Bonchev–Trinajstić information content (AvgIpc) is 2.52. The van der Waals surface area contributed by atoms with Crippen LogP contribution in [-0.4, -0.2) is 52.1 Å². The number of likely N-dealkylation sites (tertiary alicyclic amines) is 1. The minimum Gasteiger partial charge on any atom is -0.444 e. The molecule has 0 saturated carbocycles. The molecule has 1 saturated heterocycles. The summed E-state index contributed by atoms with van der Waals surface area (Å²) >= 11 is 0. The van der Waals surface area contributed by atoms with Crippen LogP contribution in [0.3, 0.4) is 0 Å². The summed E-state index contributed by atoms with van der Waals surface area (Å²) in [6, 6.07) is 0. The van der Waals surface area contributed by atoms with E-state index in [4.69, 9.17) is 4.74 Å². The first kappa shape index (κ1) is 17.2. The lowest BCUT2D eigenvalue weighted by molar-refractivity contribution is 0.0183. The van der Waals surface area contributed by atoms with Gasteiger partial charge in [-0.25, -0.2) is 9.78 Å². The van der Waals surface area contributed by atoms with Gasteiger partial charge in [0.15, 0.2) is 0 Å². The molecule has 23 heavy (non-hydrogen) atoms. The molecule has 2 rings (SSSR count). The topological polar surface area (TPSA) is 84.4 Å². The Balaban J connectivity index is 1.73. The Morgan fingerprint density at radius 1 is 1.30 bits per heavy atom. The summed E-state index contributed by atoms with van der Waals surface area (Å²) in [5, 5.41) is 2.87. The van der Waals surface area contributed by atoms with Crippen molar-refractivity contribution < 1.29 is 14.3 Å². The van der Waals surface area contributed by atoms with Crippen LogP contribution in [0.25, 0.3) is 0 Å². The normalized spacial score (nSPS) is 16.0. The highest BCUT2D eigenvalue weighted by molar-refractivity contribution is 5.91. The number of carbonyl (C=O) groups is 2. The van der Waals surface area contributed by atoms with Gasteiger partial charge in [0.05, 0.1) is 6.20 Å². The van der Waals surface area contributed by atoms with E-state index >= 15 is 0 Å². The van der Waals surface area contributed by atoms with Crippen molar-refractivity contribution in [3.8, 4) is 0 Å². The van der Waals surface area contributed by atoms with Gasteiger partial charge in [-0.3, -0.25) is 9.78 Å². The largest absolute Gasteiger partial charge is 0.444 e. The molecular weight excluding hydrogens is 296 g/mol. The molecule has 1 aromatic heterocycles. The summed E-state index contributed by atoms with van der Waals surface area (Å²) in [5.74, 6) is 0.141. The fourth-order valence-electron chi connectivity index (χ4n) is 2.39. The van der Waals surface area contributed by atoms with Gasteiger partial charge in [0, 0.05) is 32.0 Å². The zero-order valence-corrected chi connectivity index (χ0v) is 13.9. The molecule has 0 radical (unpaired) electrons. The monoisotopic (exact) mass is 320 g/mol. The van der Waals surface area contributed by atoms with Gasteiger partial charge in [-0.2, -0.15) is 0 Å². The van der Waals surface area contributed by atoms with Gasteiger partial charge in [-0.05, 0) is 39.5 Å². The predicted molar refractivity (Wildman–Crippen MR) is 84.9 cm³/mol. The van der Waals surface area contributed by atoms with E-state index in [1.165, 1.54) is 18.6 Å². The van der Waals surface area contributed by atoms with Crippen molar-refractivity contribution in [2.45, 2.75) is 39.2 Å².